The second kappa shape index (κ2) is 46.1. The number of aliphatic hydroxyl groups excluding tert-OH is 11. The fraction of sp³-hybridized carbons (Fsp3) is 0.977. The van der Waals surface area contributed by atoms with Gasteiger partial charge in [-0.25, -0.2) is 0 Å². The van der Waals surface area contributed by atoms with Crippen LogP contribution in [0.3, 0.4) is 0 Å². The Bertz CT molecular complexity index is 1030. The topological polar surface area (TPSA) is 332 Å². The Morgan fingerprint density at radius 2 is 0.591 bits per heavy atom. The summed E-state index contributed by atoms with van der Waals surface area (Å²) in [5.41, 5.74) is 0. The molecule has 9 atom stereocenters. The van der Waals surface area contributed by atoms with Gasteiger partial charge in [0.2, 0.25) is 0 Å². The third kappa shape index (κ3) is 34.9. The Hall–Kier alpha value is -1.33. The molecule has 0 aliphatic heterocycles. The van der Waals surface area contributed by atoms with Crippen molar-refractivity contribution in [1.29, 1.82) is 0 Å². The normalized spacial score (nSPS) is 16.2. The van der Waals surface area contributed by atoms with E-state index in [1.807, 2.05) is 0 Å². The average Bonchev–Trinajstić information content (AvgIpc) is 3.34. The molecule has 0 aliphatic rings. The Labute approximate surface area is 390 Å². The van der Waals surface area contributed by atoms with Gasteiger partial charge in [0.15, 0.2) is 0 Å². The summed E-state index contributed by atoms with van der Waals surface area (Å²) in [6, 6.07) is 0. The van der Waals surface area contributed by atoms with Crippen LogP contribution in [0.2, 0.25) is 0 Å². The smallest absolute Gasteiger partial charge is 0.305 e. The molecule has 9 unspecified atom stereocenters. The van der Waals surface area contributed by atoms with E-state index in [-0.39, 0.29) is 84.6 Å². The molecule has 0 aromatic heterocycles. The molecule has 0 bridgehead atoms. The number of rotatable bonds is 51. The molecule has 0 aromatic rings. The number of esters is 1. The maximum Gasteiger partial charge on any atom is 0.305 e. The van der Waals surface area contributed by atoms with Gasteiger partial charge in [0.25, 0.3) is 0 Å². The minimum absolute atomic E-state index is 0.0705. The zero-order chi connectivity index (χ0) is 49.0. The van der Waals surface area contributed by atoms with Crippen LogP contribution in [0.15, 0.2) is 0 Å². The summed E-state index contributed by atoms with van der Waals surface area (Å²) in [5.74, 6) is -0.612. The standard InChI is InChI=1S/C44H88O22/c1-2-3-4-5-6-7-8-9-10-11-44(56)57-13-12-34(14-45)25-58-36(17-48)27-60-38(19-50)29-62-40(21-52)31-64-42(23-54)33-66-43(24-55)32-65-41(22-53)30-63-39(20-51)28-61-37(18-49)26-59-35(15-46)16-47/h34-43,45-55H,2-33H2,1H3. The second-order valence-electron chi connectivity index (χ2n) is 16.1. The van der Waals surface area contributed by atoms with Crippen molar-refractivity contribution in [3.05, 3.63) is 0 Å². The van der Waals surface area contributed by atoms with Gasteiger partial charge in [-0.05, 0) is 12.8 Å². The lowest BCUT2D eigenvalue weighted by molar-refractivity contribution is -0.148. The lowest BCUT2D eigenvalue weighted by Gasteiger charge is -2.26. The van der Waals surface area contributed by atoms with Crippen molar-refractivity contribution in [1.82, 2.24) is 0 Å². The monoisotopic (exact) mass is 969 g/mol. The van der Waals surface area contributed by atoms with Crippen LogP contribution in [0.4, 0.5) is 0 Å². The van der Waals surface area contributed by atoms with Gasteiger partial charge in [0.1, 0.15) is 54.9 Å². The van der Waals surface area contributed by atoms with Crippen LogP contribution in [0, 0.1) is 5.92 Å². The molecule has 0 rings (SSSR count). The predicted octanol–water partition coefficient (Wildman–Crippen LogP) is -2.16. The molecule has 22 heteroatoms. The van der Waals surface area contributed by atoms with Crippen molar-refractivity contribution in [2.75, 3.05) is 139 Å². The highest BCUT2D eigenvalue weighted by Gasteiger charge is 2.23. The van der Waals surface area contributed by atoms with Crippen LogP contribution in [0.5, 0.6) is 0 Å². The first-order chi connectivity index (χ1) is 32.1. The minimum atomic E-state index is -0.906. The lowest BCUT2D eigenvalue weighted by Crippen LogP contribution is -2.38. The van der Waals surface area contributed by atoms with Crippen LogP contribution in [-0.4, -0.2) is 256 Å². The van der Waals surface area contributed by atoms with E-state index in [0.29, 0.717) is 12.8 Å². The first-order valence-electron chi connectivity index (χ1n) is 23.5. The fourth-order valence-electron chi connectivity index (χ4n) is 5.83. The number of carbonyl (C=O) groups excluding carboxylic acids is 1. The number of unbranched alkanes of at least 4 members (excludes halogenated alkanes) is 8. The van der Waals surface area contributed by atoms with E-state index in [1.54, 1.807) is 0 Å². The van der Waals surface area contributed by atoms with Gasteiger partial charge in [-0.2, -0.15) is 0 Å². The van der Waals surface area contributed by atoms with E-state index < -0.39 is 121 Å². The quantitative estimate of drug-likeness (QED) is 0.0228. The van der Waals surface area contributed by atoms with Crippen molar-refractivity contribution in [3.8, 4) is 0 Å². The largest absolute Gasteiger partial charge is 0.466 e. The van der Waals surface area contributed by atoms with E-state index in [4.69, 9.17) is 57.6 Å². The first kappa shape index (κ1) is 64.7. The highest BCUT2D eigenvalue weighted by Crippen LogP contribution is 2.13. The van der Waals surface area contributed by atoms with E-state index in [0.717, 1.165) is 19.3 Å². The van der Waals surface area contributed by atoms with Crippen molar-refractivity contribution in [2.45, 2.75) is 132 Å². The molecular weight excluding hydrogens is 880 g/mol. The van der Waals surface area contributed by atoms with Gasteiger partial charge in [-0.3, -0.25) is 4.79 Å². The average molecular weight is 969 g/mol. The van der Waals surface area contributed by atoms with Gasteiger partial charge in [0, 0.05) is 18.9 Å². The number of hydrogen-bond donors (Lipinski definition) is 11. The number of aliphatic hydroxyl groups is 11. The number of hydrogen-bond acceptors (Lipinski definition) is 22. The van der Waals surface area contributed by atoms with Gasteiger partial charge in [-0.15, -0.1) is 0 Å². The molecule has 0 amide bonds. The Balaban J connectivity index is 4.57. The molecule has 0 aromatic carbocycles. The molecule has 0 saturated heterocycles. The molecule has 0 aliphatic carbocycles. The van der Waals surface area contributed by atoms with Crippen LogP contribution in [0.1, 0.15) is 77.6 Å². The Morgan fingerprint density at radius 1 is 0.333 bits per heavy atom. The van der Waals surface area contributed by atoms with Gasteiger partial charge < -0.3 is 104 Å². The molecular formula is C44H88O22. The zero-order valence-corrected chi connectivity index (χ0v) is 39.3. The van der Waals surface area contributed by atoms with Gasteiger partial charge in [-0.1, -0.05) is 58.3 Å². The summed E-state index contributed by atoms with van der Waals surface area (Å²) >= 11 is 0. The highest BCUT2D eigenvalue weighted by molar-refractivity contribution is 5.69. The lowest BCUT2D eigenvalue weighted by atomic mass is 10.1. The summed E-state index contributed by atoms with van der Waals surface area (Å²) in [6.45, 7) is -3.73. The van der Waals surface area contributed by atoms with Crippen molar-refractivity contribution >= 4 is 5.97 Å². The summed E-state index contributed by atoms with van der Waals surface area (Å²) in [4.78, 5) is 12.1. The van der Waals surface area contributed by atoms with Gasteiger partial charge >= 0.3 is 5.97 Å². The van der Waals surface area contributed by atoms with Gasteiger partial charge in [0.05, 0.1) is 132 Å². The summed E-state index contributed by atoms with van der Waals surface area (Å²) in [5, 5.41) is 106. The Kier molecular flexibility index (Phi) is 45.1. The van der Waals surface area contributed by atoms with Crippen LogP contribution < -0.4 is 0 Å². The predicted molar refractivity (Wildman–Crippen MR) is 237 cm³/mol. The maximum absolute atomic E-state index is 12.1. The third-order valence-electron chi connectivity index (χ3n) is 10.3. The molecule has 66 heavy (non-hydrogen) atoms. The summed E-state index contributed by atoms with van der Waals surface area (Å²) in [7, 11) is 0. The van der Waals surface area contributed by atoms with E-state index in [1.165, 1.54) is 38.5 Å². The maximum atomic E-state index is 12.1. The number of ether oxygens (including phenoxy) is 10. The van der Waals surface area contributed by atoms with Crippen molar-refractivity contribution < 1.29 is 108 Å². The van der Waals surface area contributed by atoms with E-state index in [9.17, 15) is 50.8 Å². The minimum Gasteiger partial charge on any atom is -0.466 e. The zero-order valence-electron chi connectivity index (χ0n) is 39.3. The summed E-state index contributed by atoms with van der Waals surface area (Å²) < 4.78 is 55.6. The van der Waals surface area contributed by atoms with Crippen LogP contribution in [0.25, 0.3) is 0 Å². The third-order valence-corrected chi connectivity index (χ3v) is 10.3. The molecule has 0 radical (unpaired) electrons. The van der Waals surface area contributed by atoms with Crippen molar-refractivity contribution in [3.63, 3.8) is 0 Å². The van der Waals surface area contributed by atoms with Crippen LogP contribution >= 0.6 is 0 Å². The molecule has 11 N–H and O–H groups in total. The summed E-state index contributed by atoms with van der Waals surface area (Å²) in [6.07, 6.45) is 3.33. The number of carbonyl (C=O) groups is 1. The fourth-order valence-corrected chi connectivity index (χ4v) is 5.83. The molecule has 0 fully saturated rings. The van der Waals surface area contributed by atoms with Crippen molar-refractivity contribution in [2.24, 2.45) is 5.92 Å². The second-order valence-corrected chi connectivity index (χ2v) is 16.1. The molecule has 0 saturated carbocycles. The Morgan fingerprint density at radius 3 is 0.864 bits per heavy atom. The molecule has 22 nitrogen and oxygen atoms in total. The first-order valence-corrected chi connectivity index (χ1v) is 23.5. The highest BCUT2D eigenvalue weighted by atomic mass is 16.6. The molecule has 0 heterocycles. The van der Waals surface area contributed by atoms with Crippen LogP contribution in [-0.2, 0) is 52.2 Å². The van der Waals surface area contributed by atoms with E-state index in [2.05, 4.69) is 6.92 Å². The molecule has 396 valence electrons. The molecule has 0 spiro atoms. The van der Waals surface area contributed by atoms with E-state index >= 15 is 0 Å². The SMILES string of the molecule is CCCCCCCCCCCC(=O)OCCC(CO)COC(CO)COC(CO)COC(CO)COC(CO)COC(CO)COC(CO)COC(CO)COC(CO)COC(CO)CO.